The van der Waals surface area contributed by atoms with Crippen LogP contribution in [0.5, 0.6) is 0 Å². The zero-order valence-electron chi connectivity index (χ0n) is 6.76. The predicted octanol–water partition coefficient (Wildman–Crippen LogP) is 0.948. The minimum absolute atomic E-state index is 0.734. The Morgan fingerprint density at radius 2 is 1.90 bits per heavy atom. The average molecular weight is 160 g/mol. The van der Waals surface area contributed by atoms with Crippen LogP contribution in [0.4, 0.5) is 0 Å². The lowest BCUT2D eigenvalue weighted by atomic mass is 10.4. The van der Waals surface area contributed by atoms with Crippen LogP contribution in [0.2, 0.25) is 0 Å². The van der Waals surface area contributed by atoms with Crippen molar-refractivity contribution in [2.24, 2.45) is 0 Å². The van der Waals surface area contributed by atoms with E-state index in [-0.39, 0.29) is 0 Å². The minimum atomic E-state index is 0.734. The third-order valence-corrected chi connectivity index (χ3v) is 2.52. The molecule has 0 aromatic rings. The van der Waals surface area contributed by atoms with E-state index in [1.165, 1.54) is 13.1 Å². The molecule has 1 heterocycles. The quantitative estimate of drug-likeness (QED) is 0.605. The molecule has 1 aliphatic heterocycles. The SMILES string of the molecule is CC(C)SN1CCNCC1. The van der Waals surface area contributed by atoms with Crippen molar-refractivity contribution in [3.05, 3.63) is 0 Å². The highest BCUT2D eigenvalue weighted by Crippen LogP contribution is 2.15. The fourth-order valence-electron chi connectivity index (χ4n) is 1.05. The molecule has 0 spiro atoms. The zero-order chi connectivity index (χ0) is 7.40. The molecule has 0 unspecified atom stereocenters. The van der Waals surface area contributed by atoms with Crippen LogP contribution in [0.1, 0.15) is 13.8 Å². The summed E-state index contributed by atoms with van der Waals surface area (Å²) in [7, 11) is 0. The third kappa shape index (κ3) is 2.90. The Kier molecular flexibility index (Phi) is 3.52. The van der Waals surface area contributed by atoms with Gasteiger partial charge in [-0.3, -0.25) is 0 Å². The summed E-state index contributed by atoms with van der Waals surface area (Å²) in [5.41, 5.74) is 0. The van der Waals surface area contributed by atoms with Crippen LogP contribution in [0.25, 0.3) is 0 Å². The maximum atomic E-state index is 3.33. The van der Waals surface area contributed by atoms with Gasteiger partial charge in [0.05, 0.1) is 0 Å². The Balaban J connectivity index is 2.13. The molecule has 10 heavy (non-hydrogen) atoms. The van der Waals surface area contributed by atoms with E-state index in [2.05, 4.69) is 23.5 Å². The largest absolute Gasteiger partial charge is 0.314 e. The van der Waals surface area contributed by atoms with Crippen molar-refractivity contribution in [3.8, 4) is 0 Å². The summed E-state index contributed by atoms with van der Waals surface area (Å²) < 4.78 is 2.45. The molecule has 0 bridgehead atoms. The number of rotatable bonds is 2. The minimum Gasteiger partial charge on any atom is -0.314 e. The fraction of sp³-hybridized carbons (Fsp3) is 1.00. The molecule has 0 radical (unpaired) electrons. The van der Waals surface area contributed by atoms with Crippen LogP contribution in [-0.2, 0) is 0 Å². The van der Waals surface area contributed by atoms with Crippen LogP contribution >= 0.6 is 11.9 Å². The van der Waals surface area contributed by atoms with Gasteiger partial charge in [-0.15, -0.1) is 0 Å². The van der Waals surface area contributed by atoms with Crippen LogP contribution in [0, 0.1) is 0 Å². The van der Waals surface area contributed by atoms with Crippen molar-refractivity contribution in [3.63, 3.8) is 0 Å². The fourth-order valence-corrected chi connectivity index (χ4v) is 2.04. The predicted molar refractivity (Wildman–Crippen MR) is 47.2 cm³/mol. The normalized spacial score (nSPS) is 21.9. The topological polar surface area (TPSA) is 15.3 Å². The van der Waals surface area contributed by atoms with Crippen molar-refractivity contribution in [2.45, 2.75) is 19.1 Å². The summed E-state index contributed by atoms with van der Waals surface area (Å²) in [5.74, 6) is 0. The van der Waals surface area contributed by atoms with E-state index in [1.807, 2.05) is 11.9 Å². The summed E-state index contributed by atoms with van der Waals surface area (Å²) in [5, 5.41) is 4.07. The Morgan fingerprint density at radius 3 is 2.40 bits per heavy atom. The van der Waals surface area contributed by atoms with Crippen molar-refractivity contribution in [1.82, 2.24) is 9.62 Å². The molecule has 0 amide bonds. The molecule has 0 aromatic heterocycles. The van der Waals surface area contributed by atoms with Crippen LogP contribution in [0.3, 0.4) is 0 Å². The summed E-state index contributed by atoms with van der Waals surface area (Å²) in [4.78, 5) is 0. The second kappa shape index (κ2) is 4.21. The Labute approximate surface area is 67.5 Å². The molecule has 1 rings (SSSR count). The van der Waals surface area contributed by atoms with Gasteiger partial charge < -0.3 is 5.32 Å². The van der Waals surface area contributed by atoms with Crippen LogP contribution in [-0.4, -0.2) is 35.7 Å². The highest BCUT2D eigenvalue weighted by molar-refractivity contribution is 7.97. The Bertz CT molecular complexity index is 89.6. The molecule has 1 fully saturated rings. The van der Waals surface area contributed by atoms with Crippen molar-refractivity contribution < 1.29 is 0 Å². The molecule has 0 aliphatic carbocycles. The molecule has 1 N–H and O–H groups in total. The molecule has 0 saturated carbocycles. The van der Waals surface area contributed by atoms with Gasteiger partial charge in [-0.25, -0.2) is 4.31 Å². The Morgan fingerprint density at radius 1 is 1.30 bits per heavy atom. The summed E-state index contributed by atoms with van der Waals surface area (Å²) in [6.45, 7) is 9.19. The van der Waals surface area contributed by atoms with Crippen LogP contribution < -0.4 is 5.32 Å². The van der Waals surface area contributed by atoms with Gasteiger partial charge in [0.2, 0.25) is 0 Å². The third-order valence-electron chi connectivity index (χ3n) is 1.44. The van der Waals surface area contributed by atoms with Crippen molar-refractivity contribution in [1.29, 1.82) is 0 Å². The monoisotopic (exact) mass is 160 g/mol. The van der Waals surface area contributed by atoms with Crippen LogP contribution in [0.15, 0.2) is 0 Å². The number of hydrogen-bond acceptors (Lipinski definition) is 3. The lowest BCUT2D eigenvalue weighted by Crippen LogP contribution is -2.40. The van der Waals surface area contributed by atoms with E-state index in [9.17, 15) is 0 Å². The summed E-state index contributed by atoms with van der Waals surface area (Å²) >= 11 is 1.97. The van der Waals surface area contributed by atoms with Gasteiger partial charge in [0.15, 0.2) is 0 Å². The molecule has 1 saturated heterocycles. The molecule has 1 aliphatic rings. The van der Waals surface area contributed by atoms with E-state index in [0.717, 1.165) is 18.3 Å². The van der Waals surface area contributed by atoms with Crippen molar-refractivity contribution in [2.75, 3.05) is 26.2 Å². The van der Waals surface area contributed by atoms with E-state index in [1.54, 1.807) is 0 Å². The zero-order valence-corrected chi connectivity index (χ0v) is 7.58. The summed E-state index contributed by atoms with van der Waals surface area (Å²) in [6.07, 6.45) is 0. The molecule has 0 aromatic carbocycles. The number of piperazine rings is 1. The smallest absolute Gasteiger partial charge is 0.0215 e. The maximum absolute atomic E-state index is 3.33. The van der Waals surface area contributed by atoms with Gasteiger partial charge in [-0.05, 0) is 0 Å². The number of nitrogens with zero attached hydrogens (tertiary/aromatic N) is 1. The first kappa shape index (κ1) is 8.37. The Hall–Kier alpha value is 0.270. The highest BCUT2D eigenvalue weighted by Gasteiger charge is 2.10. The van der Waals surface area contributed by atoms with Gasteiger partial charge in [0.1, 0.15) is 0 Å². The van der Waals surface area contributed by atoms with Gasteiger partial charge in [0.25, 0.3) is 0 Å². The van der Waals surface area contributed by atoms with Gasteiger partial charge in [-0.2, -0.15) is 0 Å². The second-order valence-corrected chi connectivity index (χ2v) is 4.50. The number of hydrogen-bond donors (Lipinski definition) is 1. The second-order valence-electron chi connectivity index (χ2n) is 2.83. The lowest BCUT2D eigenvalue weighted by Gasteiger charge is -2.27. The highest BCUT2D eigenvalue weighted by atomic mass is 32.2. The standard InChI is InChI=1S/C7H16N2S/c1-7(2)10-9-5-3-8-4-6-9/h7-8H,3-6H2,1-2H3. The van der Waals surface area contributed by atoms with Gasteiger partial charge >= 0.3 is 0 Å². The molecule has 2 nitrogen and oxygen atoms in total. The molecular weight excluding hydrogens is 144 g/mol. The van der Waals surface area contributed by atoms with E-state index < -0.39 is 0 Å². The van der Waals surface area contributed by atoms with E-state index >= 15 is 0 Å². The lowest BCUT2D eigenvalue weighted by molar-refractivity contribution is 0.395. The average Bonchev–Trinajstić information content (AvgIpc) is 1.88. The van der Waals surface area contributed by atoms with E-state index in [4.69, 9.17) is 0 Å². The first-order chi connectivity index (χ1) is 4.79. The van der Waals surface area contributed by atoms with Gasteiger partial charge in [0, 0.05) is 31.4 Å². The summed E-state index contributed by atoms with van der Waals surface area (Å²) in [6, 6.07) is 0. The molecule has 3 heteroatoms. The van der Waals surface area contributed by atoms with Gasteiger partial charge in [-0.1, -0.05) is 25.8 Å². The molecule has 60 valence electrons. The number of nitrogens with one attached hydrogen (secondary N) is 1. The maximum Gasteiger partial charge on any atom is 0.0215 e. The first-order valence-corrected chi connectivity index (χ1v) is 4.75. The molecule has 0 atom stereocenters. The molecular formula is C7H16N2S. The van der Waals surface area contributed by atoms with Crippen molar-refractivity contribution >= 4 is 11.9 Å². The van der Waals surface area contributed by atoms with E-state index in [0.29, 0.717) is 0 Å². The first-order valence-electron chi connectivity index (χ1n) is 3.91.